The Bertz CT molecular complexity index is 274. The molecule has 1 heterocycles. The first kappa shape index (κ1) is 9.44. The third-order valence-corrected chi connectivity index (χ3v) is 1.15. The lowest BCUT2D eigenvalue weighted by Crippen LogP contribution is -2.18. The molecule has 0 atom stereocenters. The number of carbonyl (C=O) groups is 1. The van der Waals surface area contributed by atoms with Crippen LogP contribution < -0.4 is 5.32 Å². The number of nitrogens with one attached hydrogen (secondary N) is 1. The average Bonchev–Trinajstić information content (AvgIpc) is 2.04. The lowest BCUT2D eigenvalue weighted by atomic mass is 10.5. The number of hydrogen-bond acceptors (Lipinski definition) is 4. The zero-order valence-corrected chi connectivity index (χ0v) is 7.52. The van der Waals surface area contributed by atoms with Crippen LogP contribution in [0, 0.1) is 0 Å². The second-order valence-corrected chi connectivity index (χ2v) is 2.71. The minimum absolute atomic E-state index is 0.135. The molecule has 1 aromatic rings. The van der Waals surface area contributed by atoms with Gasteiger partial charge in [0.2, 0.25) is 0 Å². The smallest absolute Gasteiger partial charge is 0.411 e. The fourth-order valence-corrected chi connectivity index (χ4v) is 0.725. The standard InChI is InChI=1S/C8H11N3O2/c1-6(2)13-8(12)11-7-3-9-5-10-4-7/h3-6H,1-2H3,(H,11,12). The molecule has 0 radical (unpaired) electrons. The van der Waals surface area contributed by atoms with Crippen LogP contribution in [0.2, 0.25) is 0 Å². The van der Waals surface area contributed by atoms with E-state index in [0.717, 1.165) is 0 Å². The van der Waals surface area contributed by atoms with Crippen LogP contribution in [0.25, 0.3) is 0 Å². The molecule has 0 saturated heterocycles. The molecular weight excluding hydrogens is 170 g/mol. The van der Waals surface area contributed by atoms with Crippen LogP contribution in [-0.4, -0.2) is 22.2 Å². The maximum atomic E-state index is 11.0. The molecule has 0 fully saturated rings. The molecule has 1 aromatic heterocycles. The van der Waals surface area contributed by atoms with Gasteiger partial charge in [-0.1, -0.05) is 0 Å². The fourth-order valence-electron chi connectivity index (χ4n) is 0.725. The lowest BCUT2D eigenvalue weighted by Gasteiger charge is -2.08. The van der Waals surface area contributed by atoms with Gasteiger partial charge in [-0.15, -0.1) is 0 Å². The Morgan fingerprint density at radius 1 is 1.46 bits per heavy atom. The van der Waals surface area contributed by atoms with Crippen LogP contribution in [0.3, 0.4) is 0 Å². The predicted octanol–water partition coefficient (Wildman–Crippen LogP) is 1.43. The van der Waals surface area contributed by atoms with Crippen molar-refractivity contribution in [3.8, 4) is 0 Å². The summed E-state index contributed by atoms with van der Waals surface area (Å²) in [5, 5.41) is 2.49. The van der Waals surface area contributed by atoms with Gasteiger partial charge >= 0.3 is 6.09 Å². The molecule has 0 unspecified atom stereocenters. The van der Waals surface area contributed by atoms with Gasteiger partial charge in [0.05, 0.1) is 24.2 Å². The summed E-state index contributed by atoms with van der Waals surface area (Å²) in [4.78, 5) is 18.5. The number of hydrogen-bond donors (Lipinski definition) is 1. The zero-order chi connectivity index (χ0) is 9.68. The molecule has 5 heteroatoms. The molecular formula is C8H11N3O2. The SMILES string of the molecule is CC(C)OC(=O)Nc1cncnc1. The zero-order valence-electron chi connectivity index (χ0n) is 7.52. The van der Waals surface area contributed by atoms with Crippen LogP contribution in [0.4, 0.5) is 10.5 Å². The lowest BCUT2D eigenvalue weighted by molar-refractivity contribution is 0.130. The van der Waals surface area contributed by atoms with E-state index in [1.807, 2.05) is 0 Å². The number of rotatable bonds is 2. The quantitative estimate of drug-likeness (QED) is 0.749. The Kier molecular flexibility index (Phi) is 3.19. The maximum absolute atomic E-state index is 11.0. The van der Waals surface area contributed by atoms with E-state index in [4.69, 9.17) is 4.74 Å². The van der Waals surface area contributed by atoms with E-state index >= 15 is 0 Å². The Labute approximate surface area is 76.2 Å². The Morgan fingerprint density at radius 3 is 2.62 bits per heavy atom. The van der Waals surface area contributed by atoms with E-state index in [1.165, 1.54) is 18.7 Å². The first-order chi connectivity index (χ1) is 6.18. The van der Waals surface area contributed by atoms with Crippen molar-refractivity contribution < 1.29 is 9.53 Å². The van der Waals surface area contributed by atoms with Gasteiger partial charge in [0.15, 0.2) is 0 Å². The van der Waals surface area contributed by atoms with E-state index in [0.29, 0.717) is 5.69 Å². The van der Waals surface area contributed by atoms with Gasteiger partial charge in [-0.3, -0.25) is 5.32 Å². The van der Waals surface area contributed by atoms with Crippen molar-refractivity contribution in [1.29, 1.82) is 0 Å². The Hall–Kier alpha value is -1.65. The van der Waals surface area contributed by atoms with Crippen molar-refractivity contribution >= 4 is 11.8 Å². The number of anilines is 1. The molecule has 1 N–H and O–H groups in total. The van der Waals surface area contributed by atoms with E-state index in [-0.39, 0.29) is 6.10 Å². The molecule has 0 bridgehead atoms. The third kappa shape index (κ3) is 3.50. The topological polar surface area (TPSA) is 64.1 Å². The molecule has 0 spiro atoms. The minimum atomic E-state index is -0.496. The largest absolute Gasteiger partial charge is 0.447 e. The summed E-state index contributed by atoms with van der Waals surface area (Å²) in [6, 6.07) is 0. The Morgan fingerprint density at radius 2 is 2.08 bits per heavy atom. The highest BCUT2D eigenvalue weighted by molar-refractivity contribution is 5.84. The molecule has 0 saturated carbocycles. The summed E-state index contributed by atoms with van der Waals surface area (Å²) < 4.78 is 4.85. The molecule has 0 aliphatic rings. The molecule has 5 nitrogen and oxygen atoms in total. The summed E-state index contributed by atoms with van der Waals surface area (Å²) in [6.45, 7) is 3.56. The van der Waals surface area contributed by atoms with Crippen molar-refractivity contribution in [3.63, 3.8) is 0 Å². The van der Waals surface area contributed by atoms with Crippen molar-refractivity contribution in [2.24, 2.45) is 0 Å². The summed E-state index contributed by atoms with van der Waals surface area (Å²) in [6.07, 6.45) is 3.75. The number of aromatic nitrogens is 2. The van der Waals surface area contributed by atoms with Crippen molar-refractivity contribution in [3.05, 3.63) is 18.7 Å². The summed E-state index contributed by atoms with van der Waals surface area (Å²) in [7, 11) is 0. The average molecular weight is 181 g/mol. The number of amides is 1. The van der Waals surface area contributed by atoms with Gasteiger partial charge in [-0.05, 0) is 13.8 Å². The predicted molar refractivity (Wildman–Crippen MR) is 47.3 cm³/mol. The van der Waals surface area contributed by atoms with Gasteiger partial charge in [0.1, 0.15) is 6.33 Å². The number of carbonyl (C=O) groups excluding carboxylic acids is 1. The van der Waals surface area contributed by atoms with Crippen LogP contribution in [0.5, 0.6) is 0 Å². The van der Waals surface area contributed by atoms with Crippen molar-refractivity contribution in [2.75, 3.05) is 5.32 Å². The van der Waals surface area contributed by atoms with Crippen molar-refractivity contribution in [1.82, 2.24) is 9.97 Å². The highest BCUT2D eigenvalue weighted by atomic mass is 16.6. The monoisotopic (exact) mass is 181 g/mol. The molecule has 0 aliphatic carbocycles. The second-order valence-electron chi connectivity index (χ2n) is 2.71. The van der Waals surface area contributed by atoms with Crippen LogP contribution >= 0.6 is 0 Å². The normalized spacial score (nSPS) is 9.77. The van der Waals surface area contributed by atoms with E-state index in [9.17, 15) is 4.79 Å². The molecule has 0 aromatic carbocycles. The first-order valence-corrected chi connectivity index (χ1v) is 3.91. The van der Waals surface area contributed by atoms with E-state index < -0.39 is 6.09 Å². The fraction of sp³-hybridized carbons (Fsp3) is 0.375. The Balaban J connectivity index is 2.46. The van der Waals surface area contributed by atoms with Gasteiger partial charge in [0.25, 0.3) is 0 Å². The summed E-state index contributed by atoms with van der Waals surface area (Å²) >= 11 is 0. The molecule has 13 heavy (non-hydrogen) atoms. The second kappa shape index (κ2) is 4.39. The van der Waals surface area contributed by atoms with Gasteiger partial charge < -0.3 is 4.74 Å². The van der Waals surface area contributed by atoms with Gasteiger partial charge in [-0.2, -0.15) is 0 Å². The summed E-state index contributed by atoms with van der Waals surface area (Å²) in [5.74, 6) is 0. The maximum Gasteiger partial charge on any atom is 0.411 e. The summed E-state index contributed by atoms with van der Waals surface area (Å²) in [5.41, 5.74) is 0.521. The molecule has 0 aliphatic heterocycles. The van der Waals surface area contributed by atoms with Crippen LogP contribution in [-0.2, 0) is 4.74 Å². The van der Waals surface area contributed by atoms with Crippen molar-refractivity contribution in [2.45, 2.75) is 20.0 Å². The molecule has 1 rings (SSSR count). The number of nitrogens with zero attached hydrogens (tertiary/aromatic N) is 2. The van der Waals surface area contributed by atoms with Crippen LogP contribution in [0.1, 0.15) is 13.8 Å². The van der Waals surface area contributed by atoms with Gasteiger partial charge in [-0.25, -0.2) is 14.8 Å². The van der Waals surface area contributed by atoms with E-state index in [2.05, 4.69) is 15.3 Å². The van der Waals surface area contributed by atoms with Crippen LogP contribution in [0.15, 0.2) is 18.7 Å². The van der Waals surface area contributed by atoms with Gasteiger partial charge in [0, 0.05) is 0 Å². The highest BCUT2D eigenvalue weighted by Gasteiger charge is 2.04. The third-order valence-electron chi connectivity index (χ3n) is 1.15. The minimum Gasteiger partial charge on any atom is -0.447 e. The number of ether oxygens (including phenoxy) is 1. The molecule has 70 valence electrons. The van der Waals surface area contributed by atoms with E-state index in [1.54, 1.807) is 13.8 Å². The first-order valence-electron chi connectivity index (χ1n) is 3.91. The molecule has 1 amide bonds. The highest BCUT2D eigenvalue weighted by Crippen LogP contribution is 2.01.